The van der Waals surface area contributed by atoms with E-state index in [1.165, 1.54) is 10.5 Å². The summed E-state index contributed by atoms with van der Waals surface area (Å²) >= 11 is 1.60. The molecule has 112 valence electrons. The van der Waals surface area contributed by atoms with Crippen molar-refractivity contribution in [1.82, 2.24) is 15.1 Å². The number of nitrogens with one attached hydrogen (secondary N) is 2. The lowest BCUT2D eigenvalue weighted by molar-refractivity contribution is 0.816. The Kier molecular flexibility index (Phi) is 4.78. The second-order valence-corrected chi connectivity index (χ2v) is 5.73. The molecule has 1 heterocycles. The lowest BCUT2D eigenvalue weighted by Gasteiger charge is -2.13. The maximum absolute atomic E-state index is 4.33. The van der Waals surface area contributed by atoms with Gasteiger partial charge in [0.05, 0.1) is 11.4 Å². The zero-order valence-electron chi connectivity index (χ0n) is 12.4. The third kappa shape index (κ3) is 3.50. The highest BCUT2D eigenvalue weighted by molar-refractivity contribution is 8.00. The Morgan fingerprint density at radius 1 is 1.09 bits per heavy atom. The van der Waals surface area contributed by atoms with Gasteiger partial charge < -0.3 is 10.0 Å². The van der Waals surface area contributed by atoms with Gasteiger partial charge in [-0.1, -0.05) is 24.3 Å². The molecule has 0 aliphatic rings. The van der Waals surface area contributed by atoms with Gasteiger partial charge in [0.25, 0.3) is 0 Å². The molecule has 0 radical (unpaired) electrons. The number of hydrogen-bond acceptors (Lipinski definition) is 4. The highest BCUT2D eigenvalue weighted by Gasteiger charge is 2.07. The van der Waals surface area contributed by atoms with Gasteiger partial charge in [-0.3, -0.25) is 0 Å². The Morgan fingerprint density at radius 3 is 2.68 bits per heavy atom. The quantitative estimate of drug-likeness (QED) is 0.681. The molecule has 0 aliphatic carbocycles. The zero-order valence-corrected chi connectivity index (χ0v) is 13.2. The monoisotopic (exact) mass is 310 g/mol. The molecule has 0 atom stereocenters. The number of benzene rings is 2. The van der Waals surface area contributed by atoms with Crippen molar-refractivity contribution in [2.75, 3.05) is 11.8 Å². The largest absolute Gasteiger partial charge is 0.324 e. The van der Waals surface area contributed by atoms with Gasteiger partial charge in [-0.15, -0.1) is 0 Å². The fourth-order valence-corrected chi connectivity index (χ4v) is 2.88. The molecule has 5 heteroatoms. The van der Waals surface area contributed by atoms with Crippen LogP contribution in [0, 0.1) is 0 Å². The average molecular weight is 310 g/mol. The summed E-state index contributed by atoms with van der Waals surface area (Å²) in [5, 5.41) is 7.51. The normalized spacial score (nSPS) is 10.6. The van der Waals surface area contributed by atoms with Gasteiger partial charge in [0, 0.05) is 23.8 Å². The lowest BCUT2D eigenvalue weighted by Crippen LogP contribution is -2.07. The van der Waals surface area contributed by atoms with Crippen LogP contribution < -0.4 is 10.0 Å². The van der Waals surface area contributed by atoms with E-state index in [2.05, 4.69) is 45.5 Å². The minimum absolute atomic E-state index is 0.837. The van der Waals surface area contributed by atoms with Crippen molar-refractivity contribution in [1.29, 1.82) is 0 Å². The first-order chi connectivity index (χ1) is 10.9. The number of nitrogens with zero attached hydrogens (tertiary/aromatic N) is 2. The Bertz CT molecular complexity index is 711. The molecule has 0 spiro atoms. The van der Waals surface area contributed by atoms with Gasteiger partial charge in [-0.2, -0.15) is 5.10 Å². The summed E-state index contributed by atoms with van der Waals surface area (Å²) in [5.74, 6) is 0. The molecule has 2 aromatic carbocycles. The first kappa shape index (κ1) is 14.7. The van der Waals surface area contributed by atoms with Crippen LogP contribution in [-0.2, 0) is 6.54 Å². The predicted octanol–water partition coefficient (Wildman–Crippen LogP) is 3.71. The molecule has 1 aromatic heterocycles. The van der Waals surface area contributed by atoms with E-state index in [0.717, 1.165) is 17.9 Å². The number of rotatable bonds is 6. The molecule has 22 heavy (non-hydrogen) atoms. The number of anilines is 1. The van der Waals surface area contributed by atoms with Crippen molar-refractivity contribution < 1.29 is 0 Å². The summed E-state index contributed by atoms with van der Waals surface area (Å²) < 4.78 is 5.32. The fraction of sp³-hybridized carbons (Fsp3) is 0.118. The SMILES string of the molecule is CNCc1ccc(-n2cccn2)c(NSc2ccccc2)c1. The van der Waals surface area contributed by atoms with Crippen LogP contribution in [0.5, 0.6) is 0 Å². The maximum atomic E-state index is 4.33. The molecule has 3 rings (SSSR count). The minimum Gasteiger partial charge on any atom is -0.324 e. The molecule has 4 nitrogen and oxygen atoms in total. The van der Waals surface area contributed by atoms with Crippen molar-refractivity contribution in [2.45, 2.75) is 11.4 Å². The van der Waals surface area contributed by atoms with Crippen molar-refractivity contribution >= 4 is 17.6 Å². The Balaban J connectivity index is 1.87. The maximum Gasteiger partial charge on any atom is 0.0885 e. The zero-order chi connectivity index (χ0) is 15.2. The van der Waals surface area contributed by atoms with Crippen LogP contribution in [-0.4, -0.2) is 16.8 Å². The Morgan fingerprint density at radius 2 is 1.95 bits per heavy atom. The van der Waals surface area contributed by atoms with Crippen LogP contribution in [0.1, 0.15) is 5.56 Å². The molecule has 0 fully saturated rings. The second kappa shape index (κ2) is 7.15. The smallest absolute Gasteiger partial charge is 0.0885 e. The van der Waals surface area contributed by atoms with Gasteiger partial charge in [0.1, 0.15) is 0 Å². The molecule has 2 N–H and O–H groups in total. The van der Waals surface area contributed by atoms with Crippen LogP contribution in [0.25, 0.3) is 5.69 Å². The molecule has 0 bridgehead atoms. The van der Waals surface area contributed by atoms with Gasteiger partial charge in [0.2, 0.25) is 0 Å². The molecule has 0 amide bonds. The molecule has 0 saturated heterocycles. The topological polar surface area (TPSA) is 41.9 Å². The van der Waals surface area contributed by atoms with Crippen LogP contribution >= 0.6 is 11.9 Å². The fourth-order valence-electron chi connectivity index (χ4n) is 2.19. The van der Waals surface area contributed by atoms with E-state index >= 15 is 0 Å². The molecule has 0 aliphatic heterocycles. The molecular weight excluding hydrogens is 292 g/mol. The number of hydrogen-bond donors (Lipinski definition) is 2. The van der Waals surface area contributed by atoms with Crippen molar-refractivity contribution in [3.63, 3.8) is 0 Å². The van der Waals surface area contributed by atoms with E-state index in [0.29, 0.717) is 0 Å². The van der Waals surface area contributed by atoms with E-state index in [1.54, 1.807) is 18.1 Å². The van der Waals surface area contributed by atoms with Crippen LogP contribution in [0.2, 0.25) is 0 Å². The summed E-state index contributed by atoms with van der Waals surface area (Å²) in [5.41, 5.74) is 3.31. The lowest BCUT2D eigenvalue weighted by atomic mass is 10.1. The van der Waals surface area contributed by atoms with Crippen molar-refractivity contribution in [3.05, 3.63) is 72.6 Å². The van der Waals surface area contributed by atoms with Gasteiger partial charge in [-0.25, -0.2) is 4.68 Å². The van der Waals surface area contributed by atoms with E-state index in [1.807, 2.05) is 42.2 Å². The summed E-state index contributed by atoms with van der Waals surface area (Å²) in [6, 6.07) is 18.6. The van der Waals surface area contributed by atoms with E-state index in [9.17, 15) is 0 Å². The minimum atomic E-state index is 0.837. The second-order valence-electron chi connectivity index (χ2n) is 4.85. The third-order valence-electron chi connectivity index (χ3n) is 3.22. The molecular formula is C17H18N4S. The highest BCUT2D eigenvalue weighted by Crippen LogP contribution is 2.27. The Hall–Kier alpha value is -2.24. The summed E-state index contributed by atoms with van der Waals surface area (Å²) in [7, 11) is 1.95. The molecule has 0 unspecified atom stereocenters. The third-order valence-corrected chi connectivity index (χ3v) is 4.04. The van der Waals surface area contributed by atoms with Gasteiger partial charge in [0.15, 0.2) is 0 Å². The average Bonchev–Trinajstić information content (AvgIpc) is 3.09. The first-order valence-electron chi connectivity index (χ1n) is 7.12. The van der Waals surface area contributed by atoms with E-state index in [-0.39, 0.29) is 0 Å². The molecule has 0 saturated carbocycles. The first-order valence-corrected chi connectivity index (χ1v) is 7.94. The van der Waals surface area contributed by atoms with E-state index < -0.39 is 0 Å². The summed E-state index contributed by atoms with van der Waals surface area (Å²) in [6.45, 7) is 0.837. The standard InChI is InChI=1S/C17H18N4S/c1-18-13-14-8-9-17(21-11-5-10-19-21)16(12-14)20-22-15-6-3-2-4-7-15/h2-12,18,20H,13H2,1H3. The van der Waals surface area contributed by atoms with Crippen molar-refractivity contribution in [2.24, 2.45) is 0 Å². The van der Waals surface area contributed by atoms with Crippen LogP contribution in [0.15, 0.2) is 71.9 Å². The van der Waals surface area contributed by atoms with Crippen molar-refractivity contribution in [3.8, 4) is 5.69 Å². The summed E-state index contributed by atoms with van der Waals surface area (Å²) in [4.78, 5) is 1.17. The Labute approximate surface area is 134 Å². The van der Waals surface area contributed by atoms with Crippen LogP contribution in [0.4, 0.5) is 5.69 Å². The van der Waals surface area contributed by atoms with Crippen LogP contribution in [0.3, 0.4) is 0 Å². The number of aromatic nitrogens is 2. The predicted molar refractivity (Wildman–Crippen MR) is 92.2 cm³/mol. The van der Waals surface area contributed by atoms with E-state index in [4.69, 9.17) is 0 Å². The van der Waals surface area contributed by atoms with Gasteiger partial charge >= 0.3 is 0 Å². The van der Waals surface area contributed by atoms with Gasteiger partial charge in [-0.05, 0) is 54.9 Å². The molecule has 3 aromatic rings. The summed E-state index contributed by atoms with van der Waals surface area (Å²) in [6.07, 6.45) is 3.74. The highest BCUT2D eigenvalue weighted by atomic mass is 32.2.